The maximum absolute atomic E-state index is 4.44. The van der Waals surface area contributed by atoms with Gasteiger partial charge in [0.15, 0.2) is 5.16 Å². The highest BCUT2D eigenvalue weighted by Gasteiger charge is 2.13. The van der Waals surface area contributed by atoms with Crippen LogP contribution >= 0.6 is 11.8 Å². The molecule has 1 N–H and O–H groups in total. The van der Waals surface area contributed by atoms with Crippen molar-refractivity contribution < 1.29 is 0 Å². The lowest BCUT2D eigenvalue weighted by Gasteiger charge is -2.09. The Bertz CT molecular complexity index is 341. The van der Waals surface area contributed by atoms with Crippen molar-refractivity contribution >= 4 is 11.8 Å². The Morgan fingerprint density at radius 1 is 1.35 bits per heavy atom. The summed E-state index contributed by atoms with van der Waals surface area (Å²) in [7, 11) is 0. The van der Waals surface area contributed by atoms with E-state index in [-0.39, 0.29) is 0 Å². The van der Waals surface area contributed by atoms with Gasteiger partial charge in [0.05, 0.1) is 0 Å². The van der Waals surface area contributed by atoms with Gasteiger partial charge < -0.3 is 5.32 Å². The molecule has 2 heterocycles. The van der Waals surface area contributed by atoms with Gasteiger partial charge in [-0.25, -0.2) is 9.97 Å². The lowest BCUT2D eigenvalue weighted by Crippen LogP contribution is -2.21. The number of aryl methyl sites for hydroxylation is 2. The third-order valence-corrected chi connectivity index (χ3v) is 3.99. The maximum atomic E-state index is 4.44. The number of nitrogens with zero attached hydrogens (tertiary/aromatic N) is 2. The summed E-state index contributed by atoms with van der Waals surface area (Å²) in [4.78, 5) is 8.88. The van der Waals surface area contributed by atoms with Gasteiger partial charge >= 0.3 is 0 Å². The summed E-state index contributed by atoms with van der Waals surface area (Å²) >= 11 is 1.78. The standard InChI is InChI=1S/C13H21N3S/c1-10-9-11(2)16-13(15-10)17-8-4-6-12-5-3-7-14-12/h9,12,14H,3-8H2,1-2H3. The Morgan fingerprint density at radius 2 is 2.12 bits per heavy atom. The van der Waals surface area contributed by atoms with Crippen LogP contribution in [0.15, 0.2) is 11.2 Å². The molecule has 1 aromatic heterocycles. The van der Waals surface area contributed by atoms with Crippen molar-refractivity contribution in [2.24, 2.45) is 0 Å². The molecule has 0 saturated carbocycles. The second-order valence-corrected chi connectivity index (χ2v) is 5.78. The molecule has 1 aliphatic heterocycles. The molecule has 0 bridgehead atoms. The zero-order valence-electron chi connectivity index (χ0n) is 10.7. The molecule has 2 rings (SSSR count). The van der Waals surface area contributed by atoms with E-state index in [4.69, 9.17) is 0 Å². The first-order valence-electron chi connectivity index (χ1n) is 6.42. The molecule has 0 amide bonds. The van der Waals surface area contributed by atoms with Crippen molar-refractivity contribution in [1.82, 2.24) is 15.3 Å². The molecule has 0 spiro atoms. The fraction of sp³-hybridized carbons (Fsp3) is 0.692. The number of aromatic nitrogens is 2. The summed E-state index contributed by atoms with van der Waals surface area (Å²) < 4.78 is 0. The van der Waals surface area contributed by atoms with Crippen LogP contribution < -0.4 is 5.32 Å². The van der Waals surface area contributed by atoms with Crippen LogP contribution in [0.2, 0.25) is 0 Å². The topological polar surface area (TPSA) is 37.8 Å². The van der Waals surface area contributed by atoms with Crippen molar-refractivity contribution in [3.05, 3.63) is 17.5 Å². The normalized spacial score (nSPS) is 19.8. The van der Waals surface area contributed by atoms with Crippen LogP contribution in [0, 0.1) is 13.8 Å². The highest BCUT2D eigenvalue weighted by atomic mass is 32.2. The minimum Gasteiger partial charge on any atom is -0.314 e. The van der Waals surface area contributed by atoms with Gasteiger partial charge in [-0.3, -0.25) is 0 Å². The fourth-order valence-corrected chi connectivity index (χ4v) is 3.17. The highest BCUT2D eigenvalue weighted by molar-refractivity contribution is 7.99. The molecule has 1 aliphatic rings. The highest BCUT2D eigenvalue weighted by Crippen LogP contribution is 2.18. The Balaban J connectivity index is 1.70. The molecule has 1 atom stereocenters. The molecular formula is C13H21N3S. The lowest BCUT2D eigenvalue weighted by atomic mass is 10.1. The molecule has 1 aromatic rings. The molecule has 94 valence electrons. The van der Waals surface area contributed by atoms with E-state index < -0.39 is 0 Å². The molecule has 0 radical (unpaired) electrons. The van der Waals surface area contributed by atoms with Crippen LogP contribution in [-0.2, 0) is 0 Å². The predicted molar refractivity (Wildman–Crippen MR) is 72.5 cm³/mol. The average molecular weight is 251 g/mol. The van der Waals surface area contributed by atoms with Crippen LogP contribution in [-0.4, -0.2) is 28.3 Å². The van der Waals surface area contributed by atoms with Crippen LogP contribution in [0.3, 0.4) is 0 Å². The summed E-state index contributed by atoms with van der Waals surface area (Å²) in [5.74, 6) is 1.13. The van der Waals surface area contributed by atoms with Crippen molar-refractivity contribution in [3.63, 3.8) is 0 Å². The molecule has 17 heavy (non-hydrogen) atoms. The van der Waals surface area contributed by atoms with Crippen molar-refractivity contribution in [1.29, 1.82) is 0 Å². The number of hydrogen-bond donors (Lipinski definition) is 1. The Labute approximate surface area is 108 Å². The third kappa shape index (κ3) is 4.28. The van der Waals surface area contributed by atoms with E-state index >= 15 is 0 Å². The van der Waals surface area contributed by atoms with Gasteiger partial charge in [0.25, 0.3) is 0 Å². The van der Waals surface area contributed by atoms with Gasteiger partial charge in [-0.05, 0) is 52.1 Å². The summed E-state index contributed by atoms with van der Waals surface area (Å²) in [6.07, 6.45) is 5.24. The zero-order valence-corrected chi connectivity index (χ0v) is 11.5. The van der Waals surface area contributed by atoms with Gasteiger partial charge in [0.1, 0.15) is 0 Å². The van der Waals surface area contributed by atoms with Gasteiger partial charge in [-0.1, -0.05) is 11.8 Å². The van der Waals surface area contributed by atoms with Gasteiger partial charge in [0, 0.05) is 23.2 Å². The third-order valence-electron chi connectivity index (χ3n) is 3.05. The Morgan fingerprint density at radius 3 is 2.76 bits per heavy atom. The SMILES string of the molecule is Cc1cc(C)nc(SCCCC2CCCN2)n1. The van der Waals surface area contributed by atoms with Crippen molar-refractivity contribution in [2.75, 3.05) is 12.3 Å². The summed E-state index contributed by atoms with van der Waals surface area (Å²) in [6, 6.07) is 2.78. The minimum atomic E-state index is 0.760. The number of nitrogens with one attached hydrogen (secondary N) is 1. The quantitative estimate of drug-likeness (QED) is 0.496. The van der Waals surface area contributed by atoms with Gasteiger partial charge in [-0.2, -0.15) is 0 Å². The molecule has 1 fully saturated rings. The Kier molecular flexibility index (Phi) is 4.80. The van der Waals surface area contributed by atoms with Crippen molar-refractivity contribution in [2.45, 2.75) is 50.7 Å². The van der Waals surface area contributed by atoms with E-state index in [0.717, 1.165) is 28.3 Å². The van der Waals surface area contributed by atoms with Crippen LogP contribution in [0.25, 0.3) is 0 Å². The van der Waals surface area contributed by atoms with E-state index in [1.165, 1.54) is 32.2 Å². The van der Waals surface area contributed by atoms with Gasteiger partial charge in [0.2, 0.25) is 0 Å². The summed E-state index contributed by atoms with van der Waals surface area (Å²) in [6.45, 7) is 5.26. The Hall–Kier alpha value is -0.610. The molecule has 1 saturated heterocycles. The second-order valence-electron chi connectivity index (χ2n) is 4.72. The lowest BCUT2D eigenvalue weighted by molar-refractivity contribution is 0.553. The van der Waals surface area contributed by atoms with Crippen LogP contribution in [0.1, 0.15) is 37.1 Å². The number of hydrogen-bond acceptors (Lipinski definition) is 4. The van der Waals surface area contributed by atoms with E-state index in [1.54, 1.807) is 11.8 Å². The molecular weight excluding hydrogens is 230 g/mol. The molecule has 1 unspecified atom stereocenters. The maximum Gasteiger partial charge on any atom is 0.187 e. The summed E-state index contributed by atoms with van der Waals surface area (Å²) in [5.41, 5.74) is 2.13. The predicted octanol–water partition coefficient (Wildman–Crippen LogP) is 2.72. The van der Waals surface area contributed by atoms with Crippen LogP contribution in [0.4, 0.5) is 0 Å². The van der Waals surface area contributed by atoms with E-state index in [1.807, 2.05) is 19.9 Å². The summed E-state index contributed by atoms with van der Waals surface area (Å²) in [5, 5.41) is 4.47. The zero-order chi connectivity index (χ0) is 12.1. The fourth-order valence-electron chi connectivity index (χ4n) is 2.25. The van der Waals surface area contributed by atoms with E-state index in [2.05, 4.69) is 15.3 Å². The van der Waals surface area contributed by atoms with Crippen LogP contribution in [0.5, 0.6) is 0 Å². The van der Waals surface area contributed by atoms with E-state index in [9.17, 15) is 0 Å². The monoisotopic (exact) mass is 251 g/mol. The molecule has 0 aliphatic carbocycles. The first-order chi connectivity index (χ1) is 8.24. The first kappa shape index (κ1) is 12.8. The van der Waals surface area contributed by atoms with Crippen molar-refractivity contribution in [3.8, 4) is 0 Å². The molecule has 4 heteroatoms. The molecule has 0 aromatic carbocycles. The first-order valence-corrected chi connectivity index (χ1v) is 7.41. The van der Waals surface area contributed by atoms with E-state index in [0.29, 0.717) is 0 Å². The number of thioether (sulfide) groups is 1. The molecule has 3 nitrogen and oxygen atoms in total. The number of rotatable bonds is 5. The minimum absolute atomic E-state index is 0.760. The smallest absolute Gasteiger partial charge is 0.187 e. The average Bonchev–Trinajstić information content (AvgIpc) is 2.76. The van der Waals surface area contributed by atoms with Gasteiger partial charge in [-0.15, -0.1) is 0 Å². The second kappa shape index (κ2) is 6.36. The largest absolute Gasteiger partial charge is 0.314 e.